The van der Waals surface area contributed by atoms with Gasteiger partial charge in [0.15, 0.2) is 0 Å². The zero-order valence-electron chi connectivity index (χ0n) is 44.6. The monoisotopic (exact) mass is 1030 g/mol. The van der Waals surface area contributed by atoms with Gasteiger partial charge >= 0.3 is 0 Å². The number of para-hydroxylation sites is 2. The molecule has 2 heteroatoms. The highest BCUT2D eigenvalue weighted by molar-refractivity contribution is 6.11. The molecule has 380 valence electrons. The van der Waals surface area contributed by atoms with Crippen LogP contribution in [0.2, 0.25) is 0 Å². The summed E-state index contributed by atoms with van der Waals surface area (Å²) in [6.45, 7) is 0. The Kier molecular flexibility index (Phi) is 11.8. The number of hydrogen-bond donors (Lipinski definition) is 0. The molecule has 0 atom stereocenters. The summed E-state index contributed by atoms with van der Waals surface area (Å²) in [5.74, 6) is 0. The quantitative estimate of drug-likeness (QED) is 0.125. The Bertz CT molecular complexity index is 4520. The standard InChI is InChI=1S/C79H54N2/c1-5-19-55(20-6-1)57-33-35-58(36-34-57)60-41-46-66(47-42-60)80(68-50-52-71-70-28-13-16-30-74(70)79(75(71)54-68,64-23-9-3-10-24-64)65-25-11-4-12-26-65)67-48-43-61(44-49-67)59-37-39-62(40-38-59)69-27-14-17-31-76(69)81-77-32-18-15-29-72(77)73-51-45-63(53-78(73)81)56-21-7-2-8-22-56/h1-54H. The molecular weight excluding hydrogens is 977 g/mol. The van der Waals surface area contributed by atoms with Crippen molar-refractivity contribution >= 4 is 38.9 Å². The first-order chi connectivity index (χ1) is 40.2. The van der Waals surface area contributed by atoms with E-state index in [1.807, 2.05) is 0 Å². The summed E-state index contributed by atoms with van der Waals surface area (Å²) in [5, 5.41) is 2.49. The Hall–Kier alpha value is -10.5. The van der Waals surface area contributed by atoms with Gasteiger partial charge in [0.05, 0.1) is 22.1 Å². The first-order valence-corrected chi connectivity index (χ1v) is 28.0. The molecule has 1 aliphatic rings. The zero-order chi connectivity index (χ0) is 53.7. The Morgan fingerprint density at radius 2 is 0.630 bits per heavy atom. The fourth-order valence-electron chi connectivity index (χ4n) is 12.9. The lowest BCUT2D eigenvalue weighted by Crippen LogP contribution is -2.28. The number of nitrogens with zero attached hydrogens (tertiary/aromatic N) is 2. The first kappa shape index (κ1) is 47.7. The highest BCUT2D eigenvalue weighted by atomic mass is 15.1. The summed E-state index contributed by atoms with van der Waals surface area (Å²) in [7, 11) is 0. The lowest BCUT2D eigenvalue weighted by atomic mass is 9.67. The second kappa shape index (κ2) is 20.0. The Balaban J connectivity index is 0.814. The third kappa shape index (κ3) is 8.19. The maximum absolute atomic E-state index is 2.46. The SMILES string of the molecule is c1ccc(-c2ccc(-c3ccc(N(c4ccc(-c5ccc(-c6ccccc6-n6c7ccccc7c7ccc(-c8ccccc8)cc76)cc5)cc4)c4ccc5c(c4)C(c4ccccc4)(c4ccccc4)c4ccccc4-5)cc3)cc2)cc1. The van der Waals surface area contributed by atoms with Crippen LogP contribution in [0.25, 0.3) is 94.3 Å². The van der Waals surface area contributed by atoms with Crippen LogP contribution < -0.4 is 4.90 Å². The molecule has 0 amide bonds. The summed E-state index contributed by atoms with van der Waals surface area (Å²) in [6, 6.07) is 120. The molecular formula is C79H54N2. The third-order valence-electron chi connectivity index (χ3n) is 16.7. The van der Waals surface area contributed by atoms with Crippen molar-refractivity contribution in [3.8, 4) is 72.4 Å². The van der Waals surface area contributed by atoms with E-state index in [9.17, 15) is 0 Å². The van der Waals surface area contributed by atoms with Crippen molar-refractivity contribution in [2.75, 3.05) is 4.90 Å². The smallest absolute Gasteiger partial charge is 0.0714 e. The van der Waals surface area contributed by atoms with Gasteiger partial charge < -0.3 is 9.47 Å². The van der Waals surface area contributed by atoms with Crippen molar-refractivity contribution in [1.82, 2.24) is 4.57 Å². The summed E-state index contributed by atoms with van der Waals surface area (Å²) < 4.78 is 2.45. The number of fused-ring (bicyclic) bond motifs is 6. The van der Waals surface area contributed by atoms with Crippen molar-refractivity contribution in [2.24, 2.45) is 0 Å². The van der Waals surface area contributed by atoms with Gasteiger partial charge in [-0.25, -0.2) is 0 Å². The van der Waals surface area contributed by atoms with E-state index in [1.165, 1.54) is 99.7 Å². The van der Waals surface area contributed by atoms with Gasteiger partial charge in [0, 0.05) is 33.4 Å². The van der Waals surface area contributed by atoms with Gasteiger partial charge in [-0.15, -0.1) is 0 Å². The highest BCUT2D eigenvalue weighted by Crippen LogP contribution is 2.57. The van der Waals surface area contributed by atoms with E-state index >= 15 is 0 Å². The average Bonchev–Trinajstić information content (AvgIpc) is 3.71. The van der Waals surface area contributed by atoms with Crippen LogP contribution in [-0.4, -0.2) is 4.57 Å². The maximum atomic E-state index is 2.46. The molecule has 0 spiro atoms. The number of benzene rings is 13. The number of aromatic nitrogens is 1. The molecule has 0 saturated heterocycles. The zero-order valence-corrected chi connectivity index (χ0v) is 44.6. The fourth-order valence-corrected chi connectivity index (χ4v) is 12.9. The van der Waals surface area contributed by atoms with Crippen LogP contribution in [0.4, 0.5) is 17.1 Å². The van der Waals surface area contributed by atoms with E-state index in [-0.39, 0.29) is 0 Å². The molecule has 81 heavy (non-hydrogen) atoms. The largest absolute Gasteiger partial charge is 0.310 e. The van der Waals surface area contributed by atoms with E-state index < -0.39 is 5.41 Å². The van der Waals surface area contributed by atoms with Crippen LogP contribution in [0.3, 0.4) is 0 Å². The van der Waals surface area contributed by atoms with Gasteiger partial charge in [-0.05, 0) is 138 Å². The van der Waals surface area contributed by atoms with Crippen molar-refractivity contribution in [2.45, 2.75) is 5.41 Å². The predicted molar refractivity (Wildman–Crippen MR) is 340 cm³/mol. The molecule has 2 nitrogen and oxygen atoms in total. The Labute approximate surface area is 473 Å². The molecule has 15 rings (SSSR count). The summed E-state index contributed by atoms with van der Waals surface area (Å²) in [6.07, 6.45) is 0. The highest BCUT2D eigenvalue weighted by Gasteiger charge is 2.46. The molecule has 0 fully saturated rings. The van der Waals surface area contributed by atoms with Crippen LogP contribution in [0.1, 0.15) is 22.3 Å². The minimum Gasteiger partial charge on any atom is -0.310 e. The van der Waals surface area contributed by atoms with Gasteiger partial charge in [-0.1, -0.05) is 273 Å². The molecule has 1 aliphatic carbocycles. The van der Waals surface area contributed by atoms with Gasteiger partial charge in [0.25, 0.3) is 0 Å². The first-order valence-electron chi connectivity index (χ1n) is 28.0. The number of hydrogen-bond acceptors (Lipinski definition) is 1. The van der Waals surface area contributed by atoms with E-state index in [1.54, 1.807) is 0 Å². The lowest BCUT2D eigenvalue weighted by Gasteiger charge is -2.35. The van der Waals surface area contributed by atoms with Crippen molar-refractivity contribution in [3.63, 3.8) is 0 Å². The van der Waals surface area contributed by atoms with E-state index in [4.69, 9.17) is 0 Å². The summed E-state index contributed by atoms with van der Waals surface area (Å²) in [5.41, 5.74) is 25.7. The molecule has 0 unspecified atom stereocenters. The van der Waals surface area contributed by atoms with Gasteiger partial charge in [-0.3, -0.25) is 0 Å². The topological polar surface area (TPSA) is 8.17 Å². The molecule has 0 aliphatic heterocycles. The normalized spacial score (nSPS) is 12.3. The van der Waals surface area contributed by atoms with Crippen LogP contribution in [0.15, 0.2) is 328 Å². The molecule has 0 radical (unpaired) electrons. The third-order valence-corrected chi connectivity index (χ3v) is 16.7. The van der Waals surface area contributed by atoms with Gasteiger partial charge in [-0.2, -0.15) is 0 Å². The van der Waals surface area contributed by atoms with Crippen molar-refractivity contribution < 1.29 is 0 Å². The second-order valence-corrected chi connectivity index (χ2v) is 21.2. The number of anilines is 3. The minimum atomic E-state index is -0.530. The minimum absolute atomic E-state index is 0.530. The average molecular weight is 1030 g/mol. The van der Waals surface area contributed by atoms with Crippen LogP contribution in [0.5, 0.6) is 0 Å². The molecule has 13 aromatic carbocycles. The van der Waals surface area contributed by atoms with Crippen molar-refractivity contribution in [3.05, 3.63) is 350 Å². The lowest BCUT2D eigenvalue weighted by molar-refractivity contribution is 0.768. The Morgan fingerprint density at radius 3 is 1.21 bits per heavy atom. The van der Waals surface area contributed by atoms with E-state index in [2.05, 4.69) is 337 Å². The molecule has 1 aromatic heterocycles. The van der Waals surface area contributed by atoms with Crippen LogP contribution >= 0.6 is 0 Å². The van der Waals surface area contributed by atoms with Crippen LogP contribution in [0, 0.1) is 0 Å². The molecule has 0 saturated carbocycles. The van der Waals surface area contributed by atoms with Crippen molar-refractivity contribution in [1.29, 1.82) is 0 Å². The van der Waals surface area contributed by atoms with Gasteiger partial charge in [0.1, 0.15) is 0 Å². The van der Waals surface area contributed by atoms with E-state index in [0.29, 0.717) is 0 Å². The maximum Gasteiger partial charge on any atom is 0.0714 e. The van der Waals surface area contributed by atoms with E-state index in [0.717, 1.165) is 33.9 Å². The molecule has 0 N–H and O–H groups in total. The predicted octanol–water partition coefficient (Wildman–Crippen LogP) is 21.0. The molecule has 14 aromatic rings. The molecule has 1 heterocycles. The number of rotatable bonds is 11. The van der Waals surface area contributed by atoms with Gasteiger partial charge in [0.2, 0.25) is 0 Å². The Morgan fingerprint density at radius 1 is 0.235 bits per heavy atom. The summed E-state index contributed by atoms with van der Waals surface area (Å²) in [4.78, 5) is 2.42. The summed E-state index contributed by atoms with van der Waals surface area (Å²) >= 11 is 0. The second-order valence-electron chi connectivity index (χ2n) is 21.2. The van der Waals surface area contributed by atoms with Crippen LogP contribution in [-0.2, 0) is 5.41 Å². The molecule has 0 bridgehead atoms. The fraction of sp³-hybridized carbons (Fsp3) is 0.0127.